The topological polar surface area (TPSA) is 81.2 Å². The zero-order valence-electron chi connectivity index (χ0n) is 16.2. The number of hydrogen-bond acceptors (Lipinski definition) is 5. The molecule has 0 saturated heterocycles. The molecule has 0 radical (unpaired) electrons. The third-order valence-electron chi connectivity index (χ3n) is 4.88. The molecule has 3 aromatic heterocycles. The number of nitrogens with one attached hydrogen (secondary N) is 1. The molecule has 1 N–H and O–H groups in total. The SMILES string of the molecule is O=C(NCc1ccco1)c1cc(-c2ccc(F)cc2)nc2onc(-c3ccccc3)c12. The summed E-state index contributed by atoms with van der Waals surface area (Å²) in [5, 5.41) is 7.54. The number of carbonyl (C=O) groups excluding carboxylic acids is 1. The van der Waals surface area contributed by atoms with Crippen molar-refractivity contribution in [2.75, 3.05) is 0 Å². The van der Waals surface area contributed by atoms with Crippen molar-refractivity contribution in [2.24, 2.45) is 0 Å². The predicted molar refractivity (Wildman–Crippen MR) is 113 cm³/mol. The van der Waals surface area contributed by atoms with Gasteiger partial charge in [0, 0.05) is 11.1 Å². The Morgan fingerprint density at radius 3 is 2.52 bits per heavy atom. The minimum atomic E-state index is -0.354. The Bertz CT molecular complexity index is 1340. The molecule has 6 nitrogen and oxygen atoms in total. The first-order valence-electron chi connectivity index (χ1n) is 9.61. The van der Waals surface area contributed by atoms with Gasteiger partial charge in [0.05, 0.1) is 29.5 Å². The molecule has 2 aromatic carbocycles. The number of hydrogen-bond donors (Lipinski definition) is 1. The van der Waals surface area contributed by atoms with Crippen LogP contribution in [0.4, 0.5) is 4.39 Å². The number of pyridine rings is 1. The van der Waals surface area contributed by atoms with Gasteiger partial charge >= 0.3 is 0 Å². The van der Waals surface area contributed by atoms with Crippen LogP contribution in [0, 0.1) is 5.82 Å². The van der Waals surface area contributed by atoms with Crippen molar-refractivity contribution in [1.29, 1.82) is 0 Å². The van der Waals surface area contributed by atoms with E-state index < -0.39 is 0 Å². The largest absolute Gasteiger partial charge is 0.467 e. The molecule has 0 unspecified atom stereocenters. The Kier molecular flexibility index (Phi) is 4.76. The molecule has 0 aliphatic heterocycles. The maximum atomic E-state index is 13.4. The number of carbonyl (C=O) groups is 1. The summed E-state index contributed by atoms with van der Waals surface area (Å²) in [6, 6.07) is 20.5. The van der Waals surface area contributed by atoms with Gasteiger partial charge < -0.3 is 14.3 Å². The maximum Gasteiger partial charge on any atom is 0.259 e. The smallest absolute Gasteiger partial charge is 0.259 e. The molecule has 0 atom stereocenters. The Labute approximate surface area is 176 Å². The van der Waals surface area contributed by atoms with Crippen molar-refractivity contribution in [2.45, 2.75) is 6.54 Å². The number of halogens is 1. The third-order valence-corrected chi connectivity index (χ3v) is 4.88. The zero-order valence-corrected chi connectivity index (χ0v) is 16.2. The number of amides is 1. The first-order valence-corrected chi connectivity index (χ1v) is 9.61. The number of aromatic nitrogens is 2. The number of furan rings is 1. The first-order chi connectivity index (χ1) is 15.2. The van der Waals surface area contributed by atoms with Crippen molar-refractivity contribution in [3.8, 4) is 22.5 Å². The maximum absolute atomic E-state index is 13.4. The van der Waals surface area contributed by atoms with Crippen molar-refractivity contribution < 1.29 is 18.1 Å². The quantitative estimate of drug-likeness (QED) is 0.427. The summed E-state index contributed by atoms with van der Waals surface area (Å²) in [5.74, 6) is -0.0502. The van der Waals surface area contributed by atoms with Crippen LogP contribution in [-0.2, 0) is 6.54 Å². The lowest BCUT2D eigenvalue weighted by Gasteiger charge is -2.08. The molecule has 31 heavy (non-hydrogen) atoms. The lowest BCUT2D eigenvalue weighted by atomic mass is 10.0. The third kappa shape index (κ3) is 3.69. The molecule has 0 aliphatic carbocycles. The second kappa shape index (κ2) is 7.87. The molecular weight excluding hydrogens is 397 g/mol. The summed E-state index contributed by atoms with van der Waals surface area (Å²) in [6.07, 6.45) is 1.55. The van der Waals surface area contributed by atoms with E-state index >= 15 is 0 Å². The standard InChI is InChI=1S/C24H16FN3O3/c25-17-10-8-15(9-11-17)20-13-19(23(29)26-14-18-7-4-12-30-18)21-22(28-31-24(21)27-20)16-5-2-1-3-6-16/h1-13H,14H2,(H,26,29). The van der Waals surface area contributed by atoms with E-state index in [0.717, 1.165) is 5.56 Å². The van der Waals surface area contributed by atoms with Gasteiger partial charge in [0.15, 0.2) is 0 Å². The van der Waals surface area contributed by atoms with Gasteiger partial charge in [-0.2, -0.15) is 0 Å². The van der Waals surface area contributed by atoms with Gasteiger partial charge in [0.25, 0.3) is 11.6 Å². The second-order valence-corrected chi connectivity index (χ2v) is 6.90. The Morgan fingerprint density at radius 1 is 0.968 bits per heavy atom. The van der Waals surface area contributed by atoms with Crippen molar-refractivity contribution in [3.63, 3.8) is 0 Å². The highest BCUT2D eigenvalue weighted by atomic mass is 19.1. The molecule has 5 aromatic rings. The van der Waals surface area contributed by atoms with Crippen LogP contribution in [-0.4, -0.2) is 16.0 Å². The lowest BCUT2D eigenvalue weighted by molar-refractivity contribution is 0.0949. The average molecular weight is 413 g/mol. The predicted octanol–water partition coefficient (Wildman–Crippen LogP) is 5.22. The summed E-state index contributed by atoms with van der Waals surface area (Å²) >= 11 is 0. The van der Waals surface area contributed by atoms with Gasteiger partial charge in [0.1, 0.15) is 17.3 Å². The minimum absolute atomic E-state index is 0.226. The zero-order chi connectivity index (χ0) is 21.2. The Balaban J connectivity index is 1.63. The molecule has 0 spiro atoms. The molecule has 0 saturated carbocycles. The fraction of sp³-hybridized carbons (Fsp3) is 0.0417. The van der Waals surface area contributed by atoms with Gasteiger partial charge in [0.2, 0.25) is 0 Å². The van der Waals surface area contributed by atoms with Gasteiger partial charge in [-0.3, -0.25) is 4.79 Å². The van der Waals surface area contributed by atoms with E-state index in [0.29, 0.717) is 33.7 Å². The summed E-state index contributed by atoms with van der Waals surface area (Å²) < 4.78 is 24.2. The van der Waals surface area contributed by atoms with Crippen LogP contribution in [0.25, 0.3) is 33.6 Å². The first kappa shape index (κ1) is 18.7. The van der Waals surface area contributed by atoms with Crippen LogP contribution in [0.2, 0.25) is 0 Å². The van der Waals surface area contributed by atoms with Crippen LogP contribution in [0.1, 0.15) is 16.1 Å². The molecule has 7 heteroatoms. The number of fused-ring (bicyclic) bond motifs is 1. The van der Waals surface area contributed by atoms with Gasteiger partial charge in [-0.15, -0.1) is 0 Å². The molecule has 0 bridgehead atoms. The van der Waals surface area contributed by atoms with E-state index in [-0.39, 0.29) is 24.0 Å². The average Bonchev–Trinajstić information content (AvgIpc) is 3.48. The van der Waals surface area contributed by atoms with Crippen molar-refractivity contribution in [3.05, 3.63) is 96.2 Å². The number of nitrogens with zero attached hydrogens (tertiary/aromatic N) is 2. The van der Waals surface area contributed by atoms with E-state index in [2.05, 4.69) is 15.5 Å². The minimum Gasteiger partial charge on any atom is -0.467 e. The number of benzene rings is 2. The normalized spacial score (nSPS) is 11.0. The van der Waals surface area contributed by atoms with E-state index in [1.165, 1.54) is 12.1 Å². The second-order valence-electron chi connectivity index (χ2n) is 6.90. The molecular formula is C24H16FN3O3. The number of rotatable bonds is 5. The van der Waals surface area contributed by atoms with Gasteiger partial charge in [-0.05, 0) is 42.5 Å². The Hall–Kier alpha value is -4.26. The molecule has 1 amide bonds. The van der Waals surface area contributed by atoms with E-state index in [1.54, 1.807) is 36.6 Å². The van der Waals surface area contributed by atoms with E-state index in [1.807, 2.05) is 30.3 Å². The summed E-state index contributed by atoms with van der Waals surface area (Å²) in [4.78, 5) is 17.7. The fourth-order valence-corrected chi connectivity index (χ4v) is 3.37. The van der Waals surface area contributed by atoms with E-state index in [4.69, 9.17) is 8.94 Å². The fourth-order valence-electron chi connectivity index (χ4n) is 3.37. The van der Waals surface area contributed by atoms with Crippen molar-refractivity contribution in [1.82, 2.24) is 15.5 Å². The van der Waals surface area contributed by atoms with Crippen LogP contribution < -0.4 is 5.32 Å². The summed E-state index contributed by atoms with van der Waals surface area (Å²) in [6.45, 7) is 0.230. The Morgan fingerprint density at radius 2 is 1.77 bits per heavy atom. The van der Waals surface area contributed by atoms with Crippen LogP contribution >= 0.6 is 0 Å². The lowest BCUT2D eigenvalue weighted by Crippen LogP contribution is -2.23. The molecule has 3 heterocycles. The summed E-state index contributed by atoms with van der Waals surface area (Å²) in [7, 11) is 0. The molecule has 152 valence electrons. The van der Waals surface area contributed by atoms with Crippen molar-refractivity contribution >= 4 is 17.0 Å². The van der Waals surface area contributed by atoms with Crippen LogP contribution in [0.15, 0.2) is 88.0 Å². The van der Waals surface area contributed by atoms with Crippen LogP contribution in [0.5, 0.6) is 0 Å². The summed E-state index contributed by atoms with van der Waals surface area (Å²) in [5.41, 5.74) is 3.04. The molecule has 5 rings (SSSR count). The van der Waals surface area contributed by atoms with E-state index in [9.17, 15) is 9.18 Å². The van der Waals surface area contributed by atoms with Gasteiger partial charge in [-0.1, -0.05) is 35.5 Å². The highest BCUT2D eigenvalue weighted by Crippen LogP contribution is 2.32. The van der Waals surface area contributed by atoms with Gasteiger partial charge in [-0.25, -0.2) is 9.37 Å². The molecule has 0 fully saturated rings. The molecule has 0 aliphatic rings. The van der Waals surface area contributed by atoms with Crippen LogP contribution in [0.3, 0.4) is 0 Å². The monoisotopic (exact) mass is 413 g/mol. The highest BCUT2D eigenvalue weighted by Gasteiger charge is 2.22. The highest BCUT2D eigenvalue weighted by molar-refractivity contribution is 6.10.